The Morgan fingerprint density at radius 3 is 2.53 bits per heavy atom. The molecule has 0 fully saturated rings. The van der Waals surface area contributed by atoms with Gasteiger partial charge in [-0.1, -0.05) is 12.1 Å². The Labute approximate surface area is 98.2 Å². The maximum Gasteiger partial charge on any atom is 0.264 e. The number of anilines is 1. The number of nitrogens with one attached hydrogen (secondary N) is 1. The standard InChI is InChI=1S/C11H9FN2O2S/c12-10-5-1-2-6-11(10)17(15,16)14-9-4-3-7-13-8-9/h1-8,14H. The molecular weight excluding hydrogens is 243 g/mol. The highest BCUT2D eigenvalue weighted by Gasteiger charge is 2.18. The van der Waals surface area contributed by atoms with Crippen molar-refractivity contribution < 1.29 is 12.8 Å². The maximum absolute atomic E-state index is 13.4. The van der Waals surface area contributed by atoms with Gasteiger partial charge in [-0.2, -0.15) is 0 Å². The Hall–Kier alpha value is -1.95. The Morgan fingerprint density at radius 2 is 1.88 bits per heavy atom. The van der Waals surface area contributed by atoms with Gasteiger partial charge in [0.1, 0.15) is 10.7 Å². The van der Waals surface area contributed by atoms with E-state index in [0.29, 0.717) is 0 Å². The number of halogens is 1. The minimum absolute atomic E-state index is 0.288. The minimum atomic E-state index is -3.91. The van der Waals surface area contributed by atoms with Gasteiger partial charge in [0.15, 0.2) is 0 Å². The summed E-state index contributed by atoms with van der Waals surface area (Å²) in [6.45, 7) is 0. The van der Waals surface area contributed by atoms with Crippen molar-refractivity contribution in [1.82, 2.24) is 4.98 Å². The first-order valence-electron chi connectivity index (χ1n) is 4.77. The molecule has 0 aliphatic heterocycles. The topological polar surface area (TPSA) is 59.1 Å². The summed E-state index contributed by atoms with van der Waals surface area (Å²) in [6, 6.07) is 8.30. The zero-order chi connectivity index (χ0) is 12.3. The molecular formula is C11H9FN2O2S. The van der Waals surface area contributed by atoms with Crippen LogP contribution in [0.3, 0.4) is 0 Å². The molecule has 0 aliphatic rings. The molecule has 0 aliphatic carbocycles. The highest BCUT2D eigenvalue weighted by molar-refractivity contribution is 7.92. The molecule has 0 radical (unpaired) electrons. The van der Waals surface area contributed by atoms with E-state index in [2.05, 4.69) is 9.71 Å². The summed E-state index contributed by atoms with van der Waals surface area (Å²) in [5.41, 5.74) is 0.288. The molecule has 2 aromatic rings. The molecule has 2 rings (SSSR count). The summed E-state index contributed by atoms with van der Waals surface area (Å²) in [5, 5.41) is 0. The van der Waals surface area contributed by atoms with Gasteiger partial charge in [0.05, 0.1) is 11.9 Å². The lowest BCUT2D eigenvalue weighted by atomic mass is 10.4. The number of hydrogen-bond acceptors (Lipinski definition) is 3. The van der Waals surface area contributed by atoms with Crippen LogP contribution in [0, 0.1) is 5.82 Å². The van der Waals surface area contributed by atoms with E-state index in [1.807, 2.05) is 0 Å². The van der Waals surface area contributed by atoms with Gasteiger partial charge in [-0.25, -0.2) is 12.8 Å². The Morgan fingerprint density at radius 1 is 1.12 bits per heavy atom. The SMILES string of the molecule is O=S(=O)(Nc1cccnc1)c1ccccc1F. The lowest BCUT2D eigenvalue weighted by Crippen LogP contribution is -2.14. The first-order chi connectivity index (χ1) is 8.09. The van der Waals surface area contributed by atoms with E-state index in [1.165, 1.54) is 36.7 Å². The average molecular weight is 252 g/mol. The first-order valence-corrected chi connectivity index (χ1v) is 6.25. The molecule has 1 heterocycles. The number of aromatic nitrogens is 1. The van der Waals surface area contributed by atoms with E-state index < -0.39 is 15.8 Å². The monoisotopic (exact) mass is 252 g/mol. The number of benzene rings is 1. The molecule has 0 saturated heterocycles. The van der Waals surface area contributed by atoms with Crippen LogP contribution in [-0.2, 0) is 10.0 Å². The van der Waals surface area contributed by atoms with Crippen LogP contribution >= 0.6 is 0 Å². The lowest BCUT2D eigenvalue weighted by Gasteiger charge is -2.07. The lowest BCUT2D eigenvalue weighted by molar-refractivity contribution is 0.570. The smallest absolute Gasteiger partial charge is 0.264 e. The Balaban J connectivity index is 2.36. The number of sulfonamides is 1. The fourth-order valence-electron chi connectivity index (χ4n) is 1.30. The van der Waals surface area contributed by atoms with Crippen molar-refractivity contribution in [3.8, 4) is 0 Å². The quantitative estimate of drug-likeness (QED) is 0.909. The van der Waals surface area contributed by atoms with E-state index in [0.717, 1.165) is 6.07 Å². The van der Waals surface area contributed by atoms with Gasteiger partial charge < -0.3 is 0 Å². The van der Waals surface area contributed by atoms with Crippen LogP contribution in [0.4, 0.5) is 10.1 Å². The van der Waals surface area contributed by atoms with Crippen molar-refractivity contribution in [3.63, 3.8) is 0 Å². The van der Waals surface area contributed by atoms with Gasteiger partial charge in [-0.15, -0.1) is 0 Å². The van der Waals surface area contributed by atoms with Crippen molar-refractivity contribution in [2.75, 3.05) is 4.72 Å². The van der Waals surface area contributed by atoms with Crippen molar-refractivity contribution >= 4 is 15.7 Å². The van der Waals surface area contributed by atoms with Gasteiger partial charge in [0, 0.05) is 6.20 Å². The number of nitrogens with zero attached hydrogens (tertiary/aromatic N) is 1. The van der Waals surface area contributed by atoms with E-state index in [-0.39, 0.29) is 10.6 Å². The van der Waals surface area contributed by atoms with Crippen LogP contribution in [0.2, 0.25) is 0 Å². The highest BCUT2D eigenvalue weighted by Crippen LogP contribution is 2.17. The van der Waals surface area contributed by atoms with Crippen LogP contribution in [0.5, 0.6) is 0 Å². The van der Waals surface area contributed by atoms with E-state index in [9.17, 15) is 12.8 Å². The molecule has 17 heavy (non-hydrogen) atoms. The second-order valence-corrected chi connectivity index (χ2v) is 4.93. The van der Waals surface area contributed by atoms with Crippen LogP contribution in [-0.4, -0.2) is 13.4 Å². The van der Waals surface area contributed by atoms with E-state index >= 15 is 0 Å². The van der Waals surface area contributed by atoms with Crippen LogP contribution < -0.4 is 4.72 Å². The fraction of sp³-hybridized carbons (Fsp3) is 0. The third-order valence-corrected chi connectivity index (χ3v) is 3.45. The highest BCUT2D eigenvalue weighted by atomic mass is 32.2. The second-order valence-electron chi connectivity index (χ2n) is 3.28. The van der Waals surface area contributed by atoms with Crippen LogP contribution in [0.25, 0.3) is 0 Å². The molecule has 6 heteroatoms. The predicted octanol–water partition coefficient (Wildman–Crippen LogP) is 2.02. The number of rotatable bonds is 3. The predicted molar refractivity (Wildman–Crippen MR) is 61.4 cm³/mol. The zero-order valence-corrected chi connectivity index (χ0v) is 9.49. The molecule has 88 valence electrons. The molecule has 0 bridgehead atoms. The van der Waals surface area contributed by atoms with Crippen molar-refractivity contribution in [1.29, 1.82) is 0 Å². The molecule has 0 unspecified atom stereocenters. The third-order valence-electron chi connectivity index (χ3n) is 2.04. The van der Waals surface area contributed by atoms with Gasteiger partial charge in [-0.05, 0) is 24.3 Å². The zero-order valence-electron chi connectivity index (χ0n) is 8.67. The summed E-state index contributed by atoms with van der Waals surface area (Å²) in [7, 11) is -3.91. The van der Waals surface area contributed by atoms with Gasteiger partial charge in [0.2, 0.25) is 0 Å². The minimum Gasteiger partial charge on any atom is -0.278 e. The molecule has 1 aromatic heterocycles. The second kappa shape index (κ2) is 4.50. The van der Waals surface area contributed by atoms with E-state index in [4.69, 9.17) is 0 Å². The average Bonchev–Trinajstić information content (AvgIpc) is 2.30. The van der Waals surface area contributed by atoms with Crippen LogP contribution in [0.15, 0.2) is 53.7 Å². The van der Waals surface area contributed by atoms with Crippen LogP contribution in [0.1, 0.15) is 0 Å². The van der Waals surface area contributed by atoms with Gasteiger partial charge in [0.25, 0.3) is 10.0 Å². The fourth-order valence-corrected chi connectivity index (χ4v) is 2.42. The molecule has 0 spiro atoms. The number of pyridine rings is 1. The molecule has 4 nitrogen and oxygen atoms in total. The number of hydrogen-bond donors (Lipinski definition) is 1. The summed E-state index contributed by atoms with van der Waals surface area (Å²) in [5.74, 6) is -0.788. The largest absolute Gasteiger partial charge is 0.278 e. The van der Waals surface area contributed by atoms with Crippen molar-refractivity contribution in [2.24, 2.45) is 0 Å². The van der Waals surface area contributed by atoms with Gasteiger partial charge in [-0.3, -0.25) is 9.71 Å². The van der Waals surface area contributed by atoms with Gasteiger partial charge >= 0.3 is 0 Å². The molecule has 1 N–H and O–H groups in total. The Kier molecular flexibility index (Phi) is 3.06. The Bertz CT molecular complexity index is 614. The molecule has 0 atom stereocenters. The summed E-state index contributed by atoms with van der Waals surface area (Å²) < 4.78 is 39.3. The van der Waals surface area contributed by atoms with Crippen molar-refractivity contribution in [2.45, 2.75) is 4.90 Å². The summed E-state index contributed by atoms with van der Waals surface area (Å²) in [6.07, 6.45) is 2.86. The maximum atomic E-state index is 13.4. The van der Waals surface area contributed by atoms with Crippen molar-refractivity contribution in [3.05, 3.63) is 54.6 Å². The van der Waals surface area contributed by atoms with E-state index in [1.54, 1.807) is 6.07 Å². The summed E-state index contributed by atoms with van der Waals surface area (Å²) >= 11 is 0. The molecule has 0 saturated carbocycles. The molecule has 0 amide bonds. The summed E-state index contributed by atoms with van der Waals surface area (Å²) in [4.78, 5) is 3.38. The molecule has 1 aromatic carbocycles. The third kappa shape index (κ3) is 2.59. The normalized spacial score (nSPS) is 11.1. The first kappa shape index (κ1) is 11.5.